The van der Waals surface area contributed by atoms with Crippen LogP contribution in [0.15, 0.2) is 90.8 Å². The summed E-state index contributed by atoms with van der Waals surface area (Å²) in [6, 6.07) is 25.9. The van der Waals surface area contributed by atoms with E-state index in [9.17, 15) is 9.59 Å². The number of rotatable bonds is 7. The van der Waals surface area contributed by atoms with E-state index in [1.165, 1.54) is 4.90 Å². The molecule has 1 aliphatic heterocycles. The van der Waals surface area contributed by atoms with Gasteiger partial charge in [-0.15, -0.1) is 0 Å². The molecular formula is C29H27N3O2. The average molecular weight is 450 g/mol. The van der Waals surface area contributed by atoms with Crippen LogP contribution in [0.25, 0.3) is 16.5 Å². The number of imide groups is 1. The van der Waals surface area contributed by atoms with Gasteiger partial charge in [-0.1, -0.05) is 78.4 Å². The topological polar surface area (TPSA) is 56.4 Å². The maximum absolute atomic E-state index is 13.6. The van der Waals surface area contributed by atoms with Gasteiger partial charge in [-0.2, -0.15) is 0 Å². The van der Waals surface area contributed by atoms with Gasteiger partial charge in [0, 0.05) is 37.2 Å². The first-order valence-corrected chi connectivity index (χ1v) is 11.5. The van der Waals surface area contributed by atoms with Crippen molar-refractivity contribution in [1.29, 1.82) is 0 Å². The zero-order valence-electron chi connectivity index (χ0n) is 19.4. The van der Waals surface area contributed by atoms with Crippen LogP contribution in [0.4, 0.5) is 0 Å². The molecule has 5 nitrogen and oxygen atoms in total. The molecule has 4 aromatic rings. The number of hydrogen-bond acceptors (Lipinski definition) is 3. The lowest BCUT2D eigenvalue weighted by atomic mass is 10.0. The fraction of sp³-hybridized carbons (Fsp3) is 0.172. The monoisotopic (exact) mass is 449 g/mol. The highest BCUT2D eigenvalue weighted by Crippen LogP contribution is 2.32. The number of likely N-dealkylation sites (N-methyl/N-ethyl adjacent to an activating group) is 1. The van der Waals surface area contributed by atoms with E-state index in [4.69, 9.17) is 0 Å². The molecule has 0 saturated carbocycles. The summed E-state index contributed by atoms with van der Waals surface area (Å²) in [6.07, 6.45) is 2.56. The Labute approximate surface area is 199 Å². The van der Waals surface area contributed by atoms with Gasteiger partial charge in [0.15, 0.2) is 0 Å². The van der Waals surface area contributed by atoms with Crippen molar-refractivity contribution >= 4 is 28.3 Å². The second-order valence-electron chi connectivity index (χ2n) is 8.80. The van der Waals surface area contributed by atoms with Gasteiger partial charge >= 0.3 is 0 Å². The van der Waals surface area contributed by atoms with E-state index in [0.717, 1.165) is 33.2 Å². The molecule has 5 rings (SSSR count). The van der Waals surface area contributed by atoms with Crippen molar-refractivity contribution in [2.45, 2.75) is 19.9 Å². The van der Waals surface area contributed by atoms with Crippen LogP contribution in [0.5, 0.6) is 0 Å². The molecule has 170 valence electrons. The zero-order valence-corrected chi connectivity index (χ0v) is 19.4. The van der Waals surface area contributed by atoms with Gasteiger partial charge in [0.25, 0.3) is 11.8 Å². The average Bonchev–Trinajstić information content (AvgIpc) is 3.37. The Morgan fingerprint density at radius 3 is 2.32 bits per heavy atom. The number of nitrogens with one attached hydrogen (secondary N) is 1. The van der Waals surface area contributed by atoms with Gasteiger partial charge in [-0.05, 0) is 36.1 Å². The summed E-state index contributed by atoms with van der Waals surface area (Å²) in [5, 5.41) is 1.12. The van der Waals surface area contributed by atoms with Gasteiger partial charge in [0.1, 0.15) is 5.70 Å². The Morgan fingerprint density at radius 2 is 1.56 bits per heavy atom. The number of aryl methyl sites for hydroxylation is 1. The minimum atomic E-state index is -0.237. The molecule has 3 aromatic carbocycles. The van der Waals surface area contributed by atoms with Crippen LogP contribution in [0.3, 0.4) is 0 Å². The van der Waals surface area contributed by atoms with Gasteiger partial charge < -0.3 is 9.88 Å². The molecule has 0 aliphatic carbocycles. The Hall–Kier alpha value is -4.12. The fourth-order valence-electron chi connectivity index (χ4n) is 4.61. The highest BCUT2D eigenvalue weighted by atomic mass is 16.2. The number of aromatic amines is 1. The third kappa shape index (κ3) is 4.01. The predicted molar refractivity (Wildman–Crippen MR) is 135 cm³/mol. The van der Waals surface area contributed by atoms with Crippen molar-refractivity contribution < 1.29 is 9.59 Å². The summed E-state index contributed by atoms with van der Waals surface area (Å²) in [7, 11) is 1.88. The molecule has 0 saturated heterocycles. The largest absolute Gasteiger partial charge is 0.365 e. The van der Waals surface area contributed by atoms with Crippen LogP contribution in [0.2, 0.25) is 0 Å². The minimum absolute atomic E-state index is 0.233. The molecule has 0 fully saturated rings. The lowest BCUT2D eigenvalue weighted by Crippen LogP contribution is -2.35. The van der Waals surface area contributed by atoms with Crippen LogP contribution in [0.1, 0.15) is 22.3 Å². The Balaban J connectivity index is 1.46. The van der Waals surface area contributed by atoms with Crippen LogP contribution in [-0.4, -0.2) is 40.2 Å². The molecule has 2 heterocycles. The number of carbonyl (C=O) groups excluding carboxylic acids is 2. The first-order chi connectivity index (χ1) is 16.5. The number of benzene rings is 3. The Bertz CT molecular complexity index is 1380. The van der Waals surface area contributed by atoms with Crippen molar-refractivity contribution in [1.82, 2.24) is 14.8 Å². The zero-order chi connectivity index (χ0) is 23.7. The molecule has 0 unspecified atom stereocenters. The number of amides is 2. The van der Waals surface area contributed by atoms with E-state index in [1.54, 1.807) is 0 Å². The first-order valence-electron chi connectivity index (χ1n) is 11.5. The number of carbonyl (C=O) groups is 2. The summed E-state index contributed by atoms with van der Waals surface area (Å²) in [4.78, 5) is 33.8. The highest BCUT2D eigenvalue weighted by molar-refractivity contribution is 6.35. The second-order valence-corrected chi connectivity index (χ2v) is 8.80. The van der Waals surface area contributed by atoms with Crippen LogP contribution in [0, 0.1) is 6.92 Å². The van der Waals surface area contributed by atoms with Gasteiger partial charge in [-0.3, -0.25) is 14.5 Å². The van der Waals surface area contributed by atoms with Crippen LogP contribution in [-0.2, 0) is 22.6 Å². The molecule has 0 atom stereocenters. The maximum Gasteiger partial charge on any atom is 0.277 e. The summed E-state index contributed by atoms with van der Waals surface area (Å²) in [5.74, 6) is -0.470. The normalized spacial score (nSPS) is 13.9. The first kappa shape index (κ1) is 21.7. The van der Waals surface area contributed by atoms with E-state index in [1.807, 2.05) is 97.9 Å². The number of fused-ring (bicyclic) bond motifs is 1. The number of hydrogen-bond donors (Lipinski definition) is 1. The molecule has 0 bridgehead atoms. The summed E-state index contributed by atoms with van der Waals surface area (Å²) in [6.45, 7) is 2.88. The second kappa shape index (κ2) is 9.02. The van der Waals surface area contributed by atoms with E-state index in [-0.39, 0.29) is 11.8 Å². The molecule has 0 spiro atoms. The lowest BCUT2D eigenvalue weighted by Gasteiger charge is -2.21. The quantitative estimate of drug-likeness (QED) is 0.407. The Morgan fingerprint density at radius 1 is 0.853 bits per heavy atom. The molecular weight excluding hydrogens is 422 g/mol. The number of nitrogens with zero attached hydrogens (tertiary/aromatic N) is 2. The smallest absolute Gasteiger partial charge is 0.277 e. The highest BCUT2D eigenvalue weighted by Gasteiger charge is 2.40. The summed E-state index contributed by atoms with van der Waals surface area (Å²) in [5.41, 5.74) is 6.04. The molecule has 1 aliphatic rings. The van der Waals surface area contributed by atoms with Crippen LogP contribution >= 0.6 is 0 Å². The van der Waals surface area contributed by atoms with Gasteiger partial charge in [0.2, 0.25) is 0 Å². The SMILES string of the molecule is Cc1ccc(C2=C(N(C)Cc3ccccc3)C(=O)N(CCc3c[nH]c4ccccc34)C2=O)cc1. The van der Waals surface area contributed by atoms with Gasteiger partial charge in [-0.25, -0.2) is 0 Å². The number of aromatic nitrogens is 1. The van der Waals surface area contributed by atoms with Gasteiger partial charge in [0.05, 0.1) is 5.57 Å². The standard InChI is InChI=1S/C29H27N3O2/c1-20-12-14-22(15-13-20)26-27(31(2)19-21-8-4-3-5-9-21)29(34)32(28(26)33)17-16-23-18-30-25-11-7-6-10-24(23)25/h3-15,18,30H,16-17,19H2,1-2H3. The number of para-hydroxylation sites is 1. The molecule has 34 heavy (non-hydrogen) atoms. The van der Waals surface area contributed by atoms with Crippen molar-refractivity contribution in [3.63, 3.8) is 0 Å². The third-order valence-electron chi connectivity index (χ3n) is 6.41. The molecule has 1 N–H and O–H groups in total. The fourth-order valence-corrected chi connectivity index (χ4v) is 4.61. The van der Waals surface area contributed by atoms with E-state index < -0.39 is 0 Å². The lowest BCUT2D eigenvalue weighted by molar-refractivity contribution is -0.137. The number of H-pyrrole nitrogens is 1. The van der Waals surface area contributed by atoms with Crippen LogP contribution < -0.4 is 0 Å². The molecule has 2 amide bonds. The molecule has 5 heteroatoms. The Kier molecular flexibility index (Phi) is 5.76. The summed E-state index contributed by atoms with van der Waals surface area (Å²) < 4.78 is 0. The molecule has 0 radical (unpaired) electrons. The van der Waals surface area contributed by atoms with Crippen molar-refractivity contribution in [2.75, 3.05) is 13.6 Å². The minimum Gasteiger partial charge on any atom is -0.365 e. The van der Waals surface area contributed by atoms with Crippen molar-refractivity contribution in [3.05, 3.63) is 113 Å². The predicted octanol–water partition coefficient (Wildman–Crippen LogP) is 4.93. The summed E-state index contributed by atoms with van der Waals surface area (Å²) >= 11 is 0. The van der Waals surface area contributed by atoms with E-state index in [0.29, 0.717) is 30.8 Å². The third-order valence-corrected chi connectivity index (χ3v) is 6.41. The van der Waals surface area contributed by atoms with Crippen molar-refractivity contribution in [2.24, 2.45) is 0 Å². The maximum atomic E-state index is 13.6. The van der Waals surface area contributed by atoms with E-state index in [2.05, 4.69) is 11.1 Å². The van der Waals surface area contributed by atoms with Crippen molar-refractivity contribution in [3.8, 4) is 0 Å². The molecule has 1 aromatic heterocycles. The van der Waals surface area contributed by atoms with E-state index >= 15 is 0 Å².